The number of allylic oxidation sites excluding steroid dienone is 1. The van der Waals surface area contributed by atoms with E-state index in [9.17, 15) is 9.59 Å². The molecule has 1 fully saturated rings. The van der Waals surface area contributed by atoms with Gasteiger partial charge in [0.1, 0.15) is 18.7 Å². The van der Waals surface area contributed by atoms with Gasteiger partial charge in [-0.15, -0.1) is 0 Å². The highest BCUT2D eigenvalue weighted by Crippen LogP contribution is 2.32. The van der Waals surface area contributed by atoms with Gasteiger partial charge in [0.25, 0.3) is 5.91 Å². The third-order valence-electron chi connectivity index (χ3n) is 6.14. The zero-order chi connectivity index (χ0) is 23.8. The van der Waals surface area contributed by atoms with E-state index in [4.69, 9.17) is 15.2 Å². The topological polar surface area (TPSA) is 94.2 Å². The van der Waals surface area contributed by atoms with Crippen LogP contribution in [0.25, 0.3) is 0 Å². The van der Waals surface area contributed by atoms with Gasteiger partial charge >= 0.3 is 0 Å². The van der Waals surface area contributed by atoms with Crippen molar-refractivity contribution < 1.29 is 19.1 Å². The lowest BCUT2D eigenvalue weighted by Gasteiger charge is -2.35. The minimum atomic E-state index is -0.606. The lowest BCUT2D eigenvalue weighted by atomic mass is 9.88. The molecule has 180 valence electrons. The summed E-state index contributed by atoms with van der Waals surface area (Å²) in [6, 6.07) is 7.57. The van der Waals surface area contributed by atoms with Gasteiger partial charge in [0.05, 0.1) is 0 Å². The van der Waals surface area contributed by atoms with E-state index in [-0.39, 0.29) is 18.6 Å². The number of piperidine rings is 1. The molecule has 1 amide bonds. The summed E-state index contributed by atoms with van der Waals surface area (Å²) in [7, 11) is 0. The first-order chi connectivity index (χ1) is 15.9. The van der Waals surface area contributed by atoms with Crippen LogP contribution in [0.4, 0.5) is 0 Å². The number of hydrogen-bond acceptors (Lipinski definition) is 5. The van der Waals surface area contributed by atoms with E-state index < -0.39 is 6.10 Å². The Balaban J connectivity index is 1.52. The molecule has 0 bridgehead atoms. The maximum Gasteiger partial charge on any atom is 0.267 e. The minimum Gasteiger partial charge on any atom is -0.485 e. The summed E-state index contributed by atoms with van der Waals surface area (Å²) in [5.41, 5.74) is 7.15. The van der Waals surface area contributed by atoms with Gasteiger partial charge in [0, 0.05) is 25.6 Å². The summed E-state index contributed by atoms with van der Waals surface area (Å²) in [6.07, 6.45) is 6.09. The number of rotatable bonds is 9. The molecule has 33 heavy (non-hydrogen) atoms. The first-order valence-electron chi connectivity index (χ1n) is 12.0. The monoisotopic (exact) mass is 455 g/mol. The van der Waals surface area contributed by atoms with Crippen LogP contribution in [0.3, 0.4) is 0 Å². The van der Waals surface area contributed by atoms with Crippen LogP contribution in [0.5, 0.6) is 11.5 Å². The summed E-state index contributed by atoms with van der Waals surface area (Å²) >= 11 is 0. The Labute approximate surface area is 197 Å². The Bertz CT molecular complexity index is 872. The molecule has 2 heterocycles. The molecule has 0 aromatic heterocycles. The molecule has 1 saturated heterocycles. The second kappa shape index (κ2) is 11.9. The highest BCUT2D eigenvalue weighted by Gasteiger charge is 2.33. The second-order valence-corrected chi connectivity index (χ2v) is 9.54. The Morgan fingerprint density at radius 3 is 2.58 bits per heavy atom. The SMILES string of the molecule is CC(C)CC(C)N=C(N)/C=C(/CC=O)CC1CCN(C(=O)C2COc3ccccc3O2)CC1. The van der Waals surface area contributed by atoms with Crippen molar-refractivity contribution >= 4 is 18.0 Å². The molecule has 2 unspecified atom stereocenters. The first-order valence-corrected chi connectivity index (χ1v) is 12.0. The van der Waals surface area contributed by atoms with E-state index in [0.29, 0.717) is 48.7 Å². The van der Waals surface area contributed by atoms with Crippen LogP contribution in [0.2, 0.25) is 0 Å². The molecule has 0 spiro atoms. The van der Waals surface area contributed by atoms with Gasteiger partial charge in [-0.1, -0.05) is 31.6 Å². The van der Waals surface area contributed by atoms with Crippen molar-refractivity contribution in [3.8, 4) is 11.5 Å². The molecule has 1 aromatic rings. The molecule has 7 nitrogen and oxygen atoms in total. The van der Waals surface area contributed by atoms with E-state index in [1.807, 2.05) is 35.2 Å². The van der Waals surface area contributed by atoms with Gasteiger partial charge in [-0.2, -0.15) is 0 Å². The van der Waals surface area contributed by atoms with Gasteiger partial charge in [0.2, 0.25) is 6.10 Å². The summed E-state index contributed by atoms with van der Waals surface area (Å²) in [5.74, 6) is 2.72. The number of likely N-dealkylation sites (tertiary alicyclic amines) is 1. The Kier molecular flexibility index (Phi) is 8.92. The smallest absolute Gasteiger partial charge is 0.267 e. The predicted molar refractivity (Wildman–Crippen MR) is 130 cm³/mol. The number of carbonyl (C=O) groups is 2. The zero-order valence-electron chi connectivity index (χ0n) is 20.0. The fraction of sp³-hybridized carbons (Fsp3) is 0.577. The van der Waals surface area contributed by atoms with Crippen LogP contribution < -0.4 is 15.2 Å². The lowest BCUT2D eigenvalue weighted by Crippen LogP contribution is -2.49. The molecule has 7 heteroatoms. The molecule has 2 aliphatic heterocycles. The van der Waals surface area contributed by atoms with Crippen molar-refractivity contribution in [1.29, 1.82) is 0 Å². The quantitative estimate of drug-likeness (QED) is 0.348. The van der Waals surface area contributed by atoms with E-state index in [1.165, 1.54) is 0 Å². The molecule has 2 N–H and O–H groups in total. The molecule has 2 atom stereocenters. The van der Waals surface area contributed by atoms with Crippen molar-refractivity contribution in [2.45, 2.75) is 65.0 Å². The average molecular weight is 456 g/mol. The van der Waals surface area contributed by atoms with Crippen molar-refractivity contribution in [2.24, 2.45) is 22.6 Å². The maximum atomic E-state index is 12.9. The molecular formula is C26H37N3O4. The number of hydrogen-bond donors (Lipinski definition) is 1. The zero-order valence-corrected chi connectivity index (χ0v) is 20.0. The largest absolute Gasteiger partial charge is 0.485 e. The fourth-order valence-electron chi connectivity index (χ4n) is 4.62. The second-order valence-electron chi connectivity index (χ2n) is 9.54. The third-order valence-corrected chi connectivity index (χ3v) is 6.14. The molecule has 1 aromatic carbocycles. The lowest BCUT2D eigenvalue weighted by molar-refractivity contribution is -0.142. The Morgan fingerprint density at radius 2 is 1.91 bits per heavy atom. The number of nitrogens with two attached hydrogens (primary N) is 1. The number of para-hydroxylation sites is 2. The van der Waals surface area contributed by atoms with Crippen LogP contribution in [0.15, 0.2) is 40.9 Å². The van der Waals surface area contributed by atoms with Gasteiger partial charge < -0.3 is 24.9 Å². The summed E-state index contributed by atoms with van der Waals surface area (Å²) in [6.45, 7) is 7.98. The maximum absolute atomic E-state index is 12.9. The van der Waals surface area contributed by atoms with Gasteiger partial charge in [0.15, 0.2) is 11.5 Å². The molecule has 0 aliphatic carbocycles. The van der Waals surface area contributed by atoms with Crippen LogP contribution in [0.1, 0.15) is 52.9 Å². The van der Waals surface area contributed by atoms with E-state index >= 15 is 0 Å². The first kappa shape index (κ1) is 24.8. The van der Waals surface area contributed by atoms with Crippen LogP contribution in [-0.4, -0.2) is 54.8 Å². The number of amides is 1. The fourth-order valence-corrected chi connectivity index (χ4v) is 4.62. The predicted octanol–water partition coefficient (Wildman–Crippen LogP) is 3.76. The number of ether oxygens (including phenoxy) is 2. The summed E-state index contributed by atoms with van der Waals surface area (Å²) in [4.78, 5) is 30.6. The minimum absolute atomic E-state index is 0.0258. The van der Waals surface area contributed by atoms with Crippen molar-refractivity contribution in [2.75, 3.05) is 19.7 Å². The van der Waals surface area contributed by atoms with Crippen molar-refractivity contribution in [3.63, 3.8) is 0 Å². The summed E-state index contributed by atoms with van der Waals surface area (Å²) in [5, 5.41) is 0. The number of aldehydes is 1. The molecule has 3 rings (SSSR count). The van der Waals surface area contributed by atoms with Gasteiger partial charge in [-0.25, -0.2) is 0 Å². The summed E-state index contributed by atoms with van der Waals surface area (Å²) < 4.78 is 11.6. The third kappa shape index (κ3) is 7.34. The van der Waals surface area contributed by atoms with Gasteiger partial charge in [-0.05, 0) is 62.7 Å². The van der Waals surface area contributed by atoms with E-state index in [2.05, 4.69) is 25.8 Å². The van der Waals surface area contributed by atoms with Crippen LogP contribution >= 0.6 is 0 Å². The Hall–Kier alpha value is -2.83. The van der Waals surface area contributed by atoms with Crippen molar-refractivity contribution in [1.82, 2.24) is 4.90 Å². The highest BCUT2D eigenvalue weighted by molar-refractivity contribution is 5.92. The highest BCUT2D eigenvalue weighted by atomic mass is 16.6. The normalized spacial score (nSPS) is 20.6. The standard InChI is InChI=1S/C26H37N3O4/c1-18(2)14-19(3)28-25(27)16-21(10-13-30)15-20-8-11-29(12-9-20)26(31)24-17-32-22-6-4-5-7-23(22)33-24/h4-7,13,16,18-20,24H,8-12,14-15,17H2,1-3H3,(H2,27,28)/b21-16-. The molecule has 0 radical (unpaired) electrons. The van der Waals surface area contributed by atoms with Crippen molar-refractivity contribution in [3.05, 3.63) is 35.9 Å². The number of aliphatic imine (C=N–C) groups is 1. The number of benzene rings is 1. The van der Waals surface area contributed by atoms with E-state index in [0.717, 1.165) is 37.5 Å². The number of fused-ring (bicyclic) bond motifs is 1. The molecule has 2 aliphatic rings. The van der Waals surface area contributed by atoms with Crippen LogP contribution in [0, 0.1) is 11.8 Å². The number of amidine groups is 1. The van der Waals surface area contributed by atoms with Gasteiger partial charge in [-0.3, -0.25) is 9.79 Å². The Morgan fingerprint density at radius 1 is 1.21 bits per heavy atom. The number of carbonyl (C=O) groups excluding carboxylic acids is 2. The molecule has 0 saturated carbocycles. The average Bonchev–Trinajstić information content (AvgIpc) is 2.78. The number of nitrogens with zero attached hydrogens (tertiary/aromatic N) is 2. The van der Waals surface area contributed by atoms with E-state index in [1.54, 1.807) is 0 Å². The van der Waals surface area contributed by atoms with Crippen LogP contribution in [-0.2, 0) is 9.59 Å². The molecular weight excluding hydrogens is 418 g/mol.